The Labute approximate surface area is 156 Å². The van der Waals surface area contributed by atoms with E-state index in [1.54, 1.807) is 4.68 Å². The molecule has 0 unspecified atom stereocenters. The third-order valence-electron chi connectivity index (χ3n) is 4.65. The molecule has 5 heteroatoms. The van der Waals surface area contributed by atoms with Crippen molar-refractivity contribution in [1.29, 1.82) is 0 Å². The van der Waals surface area contributed by atoms with Gasteiger partial charge in [-0.05, 0) is 28.5 Å². The first-order valence-corrected chi connectivity index (χ1v) is 8.69. The first-order chi connectivity index (χ1) is 13.2. The van der Waals surface area contributed by atoms with Crippen molar-refractivity contribution in [3.63, 3.8) is 0 Å². The summed E-state index contributed by atoms with van der Waals surface area (Å²) in [4.78, 5) is 12.3. The molecule has 0 aliphatic rings. The van der Waals surface area contributed by atoms with E-state index in [2.05, 4.69) is 5.27 Å². The average Bonchev–Trinajstić information content (AvgIpc) is 3.09. The van der Waals surface area contributed by atoms with Crippen LogP contribution < -0.4 is 10.3 Å². The van der Waals surface area contributed by atoms with Gasteiger partial charge < -0.3 is 5.11 Å². The number of aromatic amines is 1. The summed E-state index contributed by atoms with van der Waals surface area (Å²) >= 11 is 0. The van der Waals surface area contributed by atoms with Gasteiger partial charge in [-0.3, -0.25) is 4.52 Å². The highest BCUT2D eigenvalue weighted by Gasteiger charge is 2.39. The fraction of sp³-hybridized carbons (Fsp3) is 0.0909. The number of hydrogen-bond acceptors (Lipinski definition) is 3. The van der Waals surface area contributed by atoms with Gasteiger partial charge in [0.25, 0.3) is 0 Å². The predicted octanol–water partition coefficient (Wildman–Crippen LogP) is 2.86. The first-order valence-electron chi connectivity index (χ1n) is 8.69. The largest absolute Gasteiger partial charge is 0.435 e. The smallest absolute Gasteiger partial charge is 0.374 e. The lowest BCUT2D eigenvalue weighted by Gasteiger charge is -2.25. The molecule has 0 spiro atoms. The maximum atomic E-state index is 12.3. The quantitative estimate of drug-likeness (QED) is 0.538. The Morgan fingerprint density at radius 3 is 1.81 bits per heavy atom. The summed E-state index contributed by atoms with van der Waals surface area (Å²) in [5.74, 6) is 0. The molecule has 3 aromatic carbocycles. The van der Waals surface area contributed by atoms with E-state index in [0.29, 0.717) is 5.69 Å². The van der Waals surface area contributed by atoms with Crippen molar-refractivity contribution in [1.82, 2.24) is 5.27 Å². The van der Waals surface area contributed by atoms with Gasteiger partial charge in [-0.25, -0.2) is 4.79 Å². The molecule has 4 rings (SSSR count). The maximum Gasteiger partial charge on any atom is 0.435 e. The molecular weight excluding hydrogens is 340 g/mol. The zero-order chi connectivity index (χ0) is 18.7. The molecule has 0 aliphatic heterocycles. The zero-order valence-corrected chi connectivity index (χ0v) is 14.6. The van der Waals surface area contributed by atoms with Crippen molar-refractivity contribution in [2.75, 3.05) is 0 Å². The van der Waals surface area contributed by atoms with E-state index < -0.39 is 11.2 Å². The molecule has 2 N–H and O–H groups in total. The monoisotopic (exact) mass is 359 g/mol. The van der Waals surface area contributed by atoms with Crippen molar-refractivity contribution < 1.29 is 14.3 Å². The van der Waals surface area contributed by atoms with Crippen LogP contribution in [0.3, 0.4) is 0 Å². The van der Waals surface area contributed by atoms with E-state index in [4.69, 9.17) is 4.52 Å². The molecule has 0 radical (unpaired) electrons. The SMILES string of the molecule is O=c1o[nH][n+](CC(O)(c2ccccc2)c2ccccc2)c1-c1ccccc1. The van der Waals surface area contributed by atoms with Crippen LogP contribution in [0.15, 0.2) is 100 Å². The molecule has 0 saturated carbocycles. The minimum atomic E-state index is -1.34. The fourth-order valence-electron chi connectivity index (χ4n) is 3.29. The molecule has 1 aromatic heterocycles. The van der Waals surface area contributed by atoms with Crippen LogP contribution in [0, 0.1) is 0 Å². The number of nitrogens with one attached hydrogen (secondary N) is 1. The van der Waals surface area contributed by atoms with Gasteiger partial charge in [0.05, 0.1) is 5.56 Å². The van der Waals surface area contributed by atoms with E-state index in [1.165, 1.54) is 0 Å². The Balaban J connectivity index is 1.85. The second-order valence-corrected chi connectivity index (χ2v) is 6.37. The summed E-state index contributed by atoms with van der Waals surface area (Å²) in [5.41, 5.74) is 0.708. The molecule has 0 amide bonds. The highest BCUT2D eigenvalue weighted by atomic mass is 16.5. The second-order valence-electron chi connectivity index (χ2n) is 6.37. The number of rotatable bonds is 5. The lowest BCUT2D eigenvalue weighted by Crippen LogP contribution is -2.49. The van der Waals surface area contributed by atoms with E-state index in [0.717, 1.165) is 16.7 Å². The van der Waals surface area contributed by atoms with Crippen molar-refractivity contribution in [2.45, 2.75) is 12.1 Å². The van der Waals surface area contributed by atoms with Crippen LogP contribution in [0.4, 0.5) is 0 Å². The van der Waals surface area contributed by atoms with Crippen LogP contribution in [-0.2, 0) is 12.1 Å². The van der Waals surface area contributed by atoms with Gasteiger partial charge in [0.15, 0.2) is 5.60 Å². The molecule has 4 aromatic rings. The molecule has 0 fully saturated rings. The number of aliphatic hydroxyl groups is 1. The topological polar surface area (TPSA) is 70.1 Å². The molecular formula is C22H19N2O3+. The molecule has 0 bridgehead atoms. The second kappa shape index (κ2) is 7.05. The lowest BCUT2D eigenvalue weighted by molar-refractivity contribution is -0.763. The molecule has 0 atom stereocenters. The number of benzene rings is 3. The summed E-state index contributed by atoms with van der Waals surface area (Å²) in [6.45, 7) is 0.0942. The maximum absolute atomic E-state index is 12.3. The zero-order valence-electron chi connectivity index (χ0n) is 14.6. The van der Waals surface area contributed by atoms with Gasteiger partial charge in [0, 0.05) is 0 Å². The third-order valence-corrected chi connectivity index (χ3v) is 4.65. The normalized spacial score (nSPS) is 11.4. The molecule has 1 heterocycles. The van der Waals surface area contributed by atoms with Crippen LogP contribution in [0.5, 0.6) is 0 Å². The standard InChI is InChI=1S/C22H18N2O3/c25-21-20(17-10-4-1-5-11-17)24(23-27-21)16-22(26,18-12-6-2-7-13-18)19-14-8-3-9-15-19/h1-15,26H,16H2/p+1. The third kappa shape index (κ3) is 3.20. The fourth-order valence-corrected chi connectivity index (χ4v) is 3.29. The van der Waals surface area contributed by atoms with Crippen molar-refractivity contribution >= 4 is 0 Å². The van der Waals surface area contributed by atoms with Gasteiger partial charge in [0.1, 0.15) is 0 Å². The van der Waals surface area contributed by atoms with Crippen LogP contribution in [-0.4, -0.2) is 10.4 Å². The Morgan fingerprint density at radius 1 is 0.815 bits per heavy atom. The van der Waals surface area contributed by atoms with Crippen molar-refractivity contribution in [3.05, 3.63) is 113 Å². The minimum Gasteiger partial charge on any atom is -0.374 e. The molecule has 134 valence electrons. The van der Waals surface area contributed by atoms with Crippen molar-refractivity contribution in [3.8, 4) is 11.3 Å². The molecule has 0 saturated heterocycles. The van der Waals surface area contributed by atoms with E-state index in [9.17, 15) is 9.90 Å². The highest BCUT2D eigenvalue weighted by Crippen LogP contribution is 2.30. The van der Waals surface area contributed by atoms with Gasteiger partial charge in [-0.1, -0.05) is 83.5 Å². The number of nitrogens with zero attached hydrogens (tertiary/aromatic N) is 1. The summed E-state index contributed by atoms with van der Waals surface area (Å²) in [6, 6.07) is 28.0. The lowest BCUT2D eigenvalue weighted by atomic mass is 9.86. The van der Waals surface area contributed by atoms with Crippen LogP contribution in [0.2, 0.25) is 0 Å². The summed E-state index contributed by atoms with van der Waals surface area (Å²) in [5, 5.41) is 14.3. The van der Waals surface area contributed by atoms with Crippen LogP contribution in [0.1, 0.15) is 11.1 Å². The average molecular weight is 359 g/mol. The predicted molar refractivity (Wildman–Crippen MR) is 101 cm³/mol. The van der Waals surface area contributed by atoms with Gasteiger partial charge in [-0.15, -0.1) is 0 Å². The minimum absolute atomic E-state index is 0.0942. The molecule has 5 nitrogen and oxygen atoms in total. The highest BCUT2D eigenvalue weighted by molar-refractivity contribution is 5.54. The van der Waals surface area contributed by atoms with E-state index in [-0.39, 0.29) is 6.54 Å². The van der Waals surface area contributed by atoms with Crippen LogP contribution in [0.25, 0.3) is 11.3 Å². The summed E-state index contributed by atoms with van der Waals surface area (Å²) in [7, 11) is 0. The molecule has 27 heavy (non-hydrogen) atoms. The summed E-state index contributed by atoms with van der Waals surface area (Å²) in [6.07, 6.45) is 0. The Morgan fingerprint density at radius 2 is 1.30 bits per heavy atom. The summed E-state index contributed by atoms with van der Waals surface area (Å²) < 4.78 is 6.59. The Bertz CT molecular complexity index is 1030. The van der Waals surface area contributed by atoms with Gasteiger partial charge in [0.2, 0.25) is 6.54 Å². The van der Waals surface area contributed by atoms with E-state index in [1.807, 2.05) is 91.0 Å². The number of hydrogen-bond donors (Lipinski definition) is 2. The number of H-pyrrole nitrogens is 1. The Kier molecular flexibility index (Phi) is 4.44. The van der Waals surface area contributed by atoms with E-state index >= 15 is 0 Å². The van der Waals surface area contributed by atoms with Crippen molar-refractivity contribution in [2.24, 2.45) is 0 Å². The van der Waals surface area contributed by atoms with Gasteiger partial charge >= 0.3 is 11.3 Å². The van der Waals surface area contributed by atoms with Crippen LogP contribution >= 0.6 is 0 Å². The number of aromatic nitrogens is 2. The Hall–Kier alpha value is -3.44. The first kappa shape index (κ1) is 17.0. The molecule has 0 aliphatic carbocycles. The van der Waals surface area contributed by atoms with Gasteiger partial charge in [-0.2, -0.15) is 0 Å².